The zero-order valence-corrected chi connectivity index (χ0v) is 13.2. The predicted octanol–water partition coefficient (Wildman–Crippen LogP) is 1.05. The highest BCUT2D eigenvalue weighted by Crippen LogP contribution is 2.13. The van der Waals surface area contributed by atoms with Crippen LogP contribution in [0.15, 0.2) is 41.6 Å². The van der Waals surface area contributed by atoms with Gasteiger partial charge in [-0.15, -0.1) is 0 Å². The monoisotopic (exact) mass is 320 g/mol. The summed E-state index contributed by atoms with van der Waals surface area (Å²) in [5.74, 6) is 1.20. The number of hydrogen-bond acceptors (Lipinski definition) is 5. The summed E-state index contributed by atoms with van der Waals surface area (Å²) in [6.45, 7) is 1.50. The van der Waals surface area contributed by atoms with Crippen LogP contribution in [0.4, 0.5) is 0 Å². The quantitative estimate of drug-likeness (QED) is 0.805. The third-order valence-corrected chi connectivity index (χ3v) is 5.75. The van der Waals surface area contributed by atoms with E-state index in [1.165, 1.54) is 0 Å². The van der Waals surface area contributed by atoms with Gasteiger partial charge in [0, 0.05) is 12.5 Å². The van der Waals surface area contributed by atoms with Gasteiger partial charge in [0.25, 0.3) is 0 Å². The first kappa shape index (κ1) is 15.2. The van der Waals surface area contributed by atoms with Gasteiger partial charge < -0.3 is 5.32 Å². The summed E-state index contributed by atoms with van der Waals surface area (Å²) in [5.41, 5.74) is 0. The third-order valence-electron chi connectivity index (χ3n) is 3.93. The van der Waals surface area contributed by atoms with E-state index in [0.717, 1.165) is 25.2 Å². The van der Waals surface area contributed by atoms with Crippen molar-refractivity contribution in [2.24, 2.45) is 0 Å². The average molecular weight is 320 g/mol. The van der Waals surface area contributed by atoms with Crippen molar-refractivity contribution in [2.75, 3.05) is 12.3 Å². The molecule has 0 bridgehead atoms. The van der Waals surface area contributed by atoms with Gasteiger partial charge in [0.2, 0.25) is 0 Å². The highest BCUT2D eigenvalue weighted by Gasteiger charge is 2.19. The Morgan fingerprint density at radius 2 is 2.09 bits per heavy atom. The molecule has 6 nitrogen and oxygen atoms in total. The third kappa shape index (κ3) is 3.53. The second-order valence-electron chi connectivity index (χ2n) is 5.53. The lowest BCUT2D eigenvalue weighted by molar-refractivity contribution is 0.360. The van der Waals surface area contributed by atoms with Crippen LogP contribution in [0.25, 0.3) is 0 Å². The van der Waals surface area contributed by atoms with Crippen LogP contribution in [0.5, 0.6) is 0 Å². The molecule has 1 atom stereocenters. The smallest absolute Gasteiger partial charge is 0.178 e. The lowest BCUT2D eigenvalue weighted by atomic mass is 10.1. The number of rotatable bonds is 6. The van der Waals surface area contributed by atoms with E-state index in [1.54, 1.807) is 30.6 Å². The van der Waals surface area contributed by atoms with Gasteiger partial charge in [0.05, 0.1) is 17.2 Å². The lowest BCUT2D eigenvalue weighted by Crippen LogP contribution is -2.38. The fourth-order valence-corrected chi connectivity index (χ4v) is 4.05. The van der Waals surface area contributed by atoms with Crippen molar-refractivity contribution in [1.29, 1.82) is 0 Å². The van der Waals surface area contributed by atoms with E-state index in [0.29, 0.717) is 23.9 Å². The molecule has 0 amide bonds. The Balaban J connectivity index is 1.45. The number of benzene rings is 1. The van der Waals surface area contributed by atoms with E-state index >= 15 is 0 Å². The Hall–Kier alpha value is -1.73. The molecule has 1 aromatic carbocycles. The van der Waals surface area contributed by atoms with Gasteiger partial charge in [-0.1, -0.05) is 18.2 Å². The molecule has 0 unspecified atom stereocenters. The molecule has 7 heteroatoms. The first-order valence-corrected chi connectivity index (χ1v) is 9.18. The van der Waals surface area contributed by atoms with Crippen LogP contribution >= 0.6 is 0 Å². The van der Waals surface area contributed by atoms with Gasteiger partial charge in [0.1, 0.15) is 12.2 Å². The van der Waals surface area contributed by atoms with Crippen LogP contribution in [0.1, 0.15) is 18.7 Å². The van der Waals surface area contributed by atoms with E-state index in [2.05, 4.69) is 15.4 Å². The number of sulfone groups is 1. The molecule has 1 aliphatic rings. The summed E-state index contributed by atoms with van der Waals surface area (Å²) in [7, 11) is -3.17. The predicted molar refractivity (Wildman–Crippen MR) is 83.2 cm³/mol. The Morgan fingerprint density at radius 3 is 2.91 bits per heavy atom. The van der Waals surface area contributed by atoms with Crippen LogP contribution in [0, 0.1) is 0 Å². The summed E-state index contributed by atoms with van der Waals surface area (Å²) in [4.78, 5) is 4.60. The van der Waals surface area contributed by atoms with E-state index in [9.17, 15) is 8.42 Å². The first-order valence-electron chi connectivity index (χ1n) is 7.53. The molecule has 118 valence electrons. The Bertz CT molecular complexity index is 712. The Labute approximate surface area is 130 Å². The Morgan fingerprint density at radius 1 is 1.27 bits per heavy atom. The number of aryl methyl sites for hydroxylation is 1. The van der Waals surface area contributed by atoms with Gasteiger partial charge in [-0.25, -0.2) is 18.1 Å². The van der Waals surface area contributed by atoms with Crippen molar-refractivity contribution in [3.63, 3.8) is 0 Å². The van der Waals surface area contributed by atoms with Gasteiger partial charge in [-0.2, -0.15) is 5.10 Å². The SMILES string of the molecule is O=S(=O)(CCCN[C@H]1CCc2ncnn2C1)c1ccccc1. The molecule has 1 aromatic heterocycles. The van der Waals surface area contributed by atoms with E-state index < -0.39 is 9.84 Å². The molecular weight excluding hydrogens is 300 g/mol. The molecule has 1 aliphatic heterocycles. The number of nitrogens with one attached hydrogen (secondary N) is 1. The van der Waals surface area contributed by atoms with Crippen molar-refractivity contribution in [3.8, 4) is 0 Å². The molecule has 22 heavy (non-hydrogen) atoms. The van der Waals surface area contributed by atoms with E-state index in [-0.39, 0.29) is 5.75 Å². The van der Waals surface area contributed by atoms with Crippen molar-refractivity contribution in [3.05, 3.63) is 42.5 Å². The lowest BCUT2D eigenvalue weighted by Gasteiger charge is -2.23. The summed E-state index contributed by atoms with van der Waals surface area (Å²) < 4.78 is 26.2. The van der Waals surface area contributed by atoms with Crippen molar-refractivity contribution >= 4 is 9.84 Å². The molecule has 1 N–H and O–H groups in total. The maximum Gasteiger partial charge on any atom is 0.178 e. The minimum atomic E-state index is -3.17. The Kier molecular flexibility index (Phi) is 4.54. The van der Waals surface area contributed by atoms with Gasteiger partial charge in [0.15, 0.2) is 9.84 Å². The normalized spacial score (nSPS) is 18.1. The van der Waals surface area contributed by atoms with Gasteiger partial charge in [-0.05, 0) is 31.5 Å². The number of fused-ring (bicyclic) bond motifs is 1. The minimum Gasteiger partial charge on any atom is -0.312 e. The summed E-state index contributed by atoms with van der Waals surface area (Å²) in [6, 6.07) is 8.97. The molecule has 0 fully saturated rings. The van der Waals surface area contributed by atoms with Crippen LogP contribution in [-0.2, 0) is 22.8 Å². The second kappa shape index (κ2) is 6.58. The van der Waals surface area contributed by atoms with Gasteiger partial charge >= 0.3 is 0 Å². The van der Waals surface area contributed by atoms with E-state index in [1.807, 2.05) is 10.7 Å². The molecule has 0 spiro atoms. The van der Waals surface area contributed by atoms with Crippen molar-refractivity contribution in [1.82, 2.24) is 20.1 Å². The molecule has 2 heterocycles. The fourth-order valence-electron chi connectivity index (χ4n) is 2.72. The van der Waals surface area contributed by atoms with Crippen LogP contribution < -0.4 is 5.32 Å². The zero-order valence-electron chi connectivity index (χ0n) is 12.4. The topological polar surface area (TPSA) is 76.9 Å². The van der Waals surface area contributed by atoms with E-state index in [4.69, 9.17) is 0 Å². The molecular formula is C15H20N4O2S. The summed E-state index contributed by atoms with van der Waals surface area (Å²) >= 11 is 0. The molecule has 0 saturated carbocycles. The largest absolute Gasteiger partial charge is 0.312 e. The highest BCUT2D eigenvalue weighted by atomic mass is 32.2. The van der Waals surface area contributed by atoms with Gasteiger partial charge in [-0.3, -0.25) is 0 Å². The van der Waals surface area contributed by atoms with Crippen LogP contribution in [0.3, 0.4) is 0 Å². The van der Waals surface area contributed by atoms with Crippen LogP contribution in [-0.4, -0.2) is 41.5 Å². The average Bonchev–Trinajstić information content (AvgIpc) is 3.00. The maximum atomic E-state index is 12.2. The minimum absolute atomic E-state index is 0.172. The zero-order chi connectivity index (χ0) is 15.4. The summed E-state index contributed by atoms with van der Waals surface area (Å²) in [6.07, 6.45) is 4.13. The molecule has 0 saturated heterocycles. The van der Waals surface area contributed by atoms with Crippen LogP contribution in [0.2, 0.25) is 0 Å². The maximum absolute atomic E-state index is 12.2. The summed E-state index contributed by atoms with van der Waals surface area (Å²) in [5, 5.41) is 7.61. The molecule has 2 aromatic rings. The molecule has 0 radical (unpaired) electrons. The molecule has 0 aliphatic carbocycles. The highest BCUT2D eigenvalue weighted by molar-refractivity contribution is 7.91. The first-order chi connectivity index (χ1) is 10.6. The molecule has 3 rings (SSSR count). The number of nitrogens with zero attached hydrogens (tertiary/aromatic N) is 3. The standard InChI is InChI=1S/C15H20N4O2S/c20-22(21,14-5-2-1-3-6-14)10-4-9-16-13-7-8-15-17-12-18-19(15)11-13/h1-3,5-6,12-13,16H,4,7-11H2/t13-/m0/s1. The number of aromatic nitrogens is 3. The van der Waals surface area contributed by atoms with Crippen molar-refractivity contribution in [2.45, 2.75) is 36.7 Å². The fraction of sp³-hybridized carbons (Fsp3) is 0.467. The number of hydrogen-bond donors (Lipinski definition) is 1. The second-order valence-corrected chi connectivity index (χ2v) is 7.64. The van der Waals surface area contributed by atoms with Crippen molar-refractivity contribution < 1.29 is 8.42 Å².